The van der Waals surface area contributed by atoms with Crippen molar-refractivity contribution in [1.82, 2.24) is 9.78 Å². The second-order valence-corrected chi connectivity index (χ2v) is 3.92. The van der Waals surface area contributed by atoms with Crippen molar-refractivity contribution in [3.63, 3.8) is 0 Å². The maximum atomic E-state index is 12.2. The van der Waals surface area contributed by atoms with E-state index >= 15 is 0 Å². The second kappa shape index (κ2) is 4.38. The molecule has 1 rings (SSSR count). The van der Waals surface area contributed by atoms with Gasteiger partial charge in [-0.15, -0.1) is 0 Å². The number of carboxylic acid groups (broad SMARTS) is 1. The molecule has 1 atom stereocenters. The Hall–Kier alpha value is -1.53. The summed E-state index contributed by atoms with van der Waals surface area (Å²) in [4.78, 5) is 10.8. The Kier molecular flexibility index (Phi) is 3.49. The molecule has 0 spiro atoms. The van der Waals surface area contributed by atoms with Crippen molar-refractivity contribution >= 4 is 5.97 Å². The highest BCUT2D eigenvalue weighted by atomic mass is 19.4. The van der Waals surface area contributed by atoms with Crippen LogP contribution in [0, 0.1) is 13.8 Å². The second-order valence-electron chi connectivity index (χ2n) is 3.92. The third-order valence-corrected chi connectivity index (χ3v) is 2.57. The van der Waals surface area contributed by atoms with Crippen molar-refractivity contribution < 1.29 is 23.1 Å². The summed E-state index contributed by atoms with van der Waals surface area (Å²) in [5, 5.41) is 12.6. The van der Waals surface area contributed by atoms with Gasteiger partial charge in [-0.2, -0.15) is 18.3 Å². The van der Waals surface area contributed by atoms with Crippen LogP contribution in [0.15, 0.2) is 0 Å². The Morgan fingerprint density at radius 2 is 2.00 bits per heavy atom. The number of aliphatic carboxylic acids is 1. The van der Waals surface area contributed by atoms with Crippen LogP contribution >= 0.6 is 0 Å². The quantitative estimate of drug-likeness (QED) is 0.895. The molecule has 0 aliphatic rings. The van der Waals surface area contributed by atoms with Gasteiger partial charge in [-0.3, -0.25) is 9.48 Å². The lowest BCUT2D eigenvalue weighted by atomic mass is 9.99. The zero-order chi connectivity index (χ0) is 13.4. The fourth-order valence-electron chi connectivity index (χ4n) is 1.78. The molecule has 4 nitrogen and oxygen atoms in total. The normalized spacial score (nSPS) is 13.8. The first-order valence-electron chi connectivity index (χ1n) is 4.97. The van der Waals surface area contributed by atoms with Crippen molar-refractivity contribution in [2.24, 2.45) is 0 Å². The van der Waals surface area contributed by atoms with Gasteiger partial charge in [-0.05, 0) is 20.8 Å². The summed E-state index contributed by atoms with van der Waals surface area (Å²) >= 11 is 0. The number of carbonyl (C=O) groups is 1. The van der Waals surface area contributed by atoms with Crippen LogP contribution in [0.4, 0.5) is 13.2 Å². The van der Waals surface area contributed by atoms with Crippen LogP contribution in [-0.4, -0.2) is 27.0 Å². The van der Waals surface area contributed by atoms with E-state index in [0.29, 0.717) is 11.3 Å². The molecule has 0 bridgehead atoms. The lowest BCUT2D eigenvalue weighted by molar-refractivity contribution is -0.143. The zero-order valence-corrected chi connectivity index (χ0v) is 9.67. The average molecular weight is 250 g/mol. The van der Waals surface area contributed by atoms with Gasteiger partial charge in [0.1, 0.15) is 6.54 Å². The summed E-state index contributed by atoms with van der Waals surface area (Å²) in [5.41, 5.74) is 0.915. The van der Waals surface area contributed by atoms with Gasteiger partial charge >= 0.3 is 12.1 Å². The van der Waals surface area contributed by atoms with E-state index in [-0.39, 0.29) is 5.69 Å². The van der Waals surface area contributed by atoms with Crippen LogP contribution in [0.3, 0.4) is 0 Å². The molecule has 0 saturated carbocycles. The maximum absolute atomic E-state index is 12.2. The third-order valence-electron chi connectivity index (χ3n) is 2.57. The number of alkyl halides is 3. The summed E-state index contributed by atoms with van der Waals surface area (Å²) in [5.74, 6) is -1.94. The van der Waals surface area contributed by atoms with Crippen molar-refractivity contribution in [3.05, 3.63) is 17.0 Å². The van der Waals surface area contributed by atoms with E-state index in [2.05, 4.69) is 5.10 Å². The number of carboxylic acids is 1. The Balaban J connectivity index is 3.14. The maximum Gasteiger partial charge on any atom is 0.408 e. The van der Waals surface area contributed by atoms with Crippen LogP contribution in [0.5, 0.6) is 0 Å². The van der Waals surface area contributed by atoms with E-state index in [1.54, 1.807) is 0 Å². The van der Waals surface area contributed by atoms with Crippen LogP contribution in [-0.2, 0) is 11.3 Å². The van der Waals surface area contributed by atoms with Crippen LogP contribution in [0.2, 0.25) is 0 Å². The number of aromatic nitrogens is 2. The molecule has 96 valence electrons. The lowest BCUT2D eigenvalue weighted by Gasteiger charge is -2.10. The average Bonchev–Trinajstić information content (AvgIpc) is 2.38. The number of nitrogens with zero attached hydrogens (tertiary/aromatic N) is 2. The van der Waals surface area contributed by atoms with Gasteiger partial charge in [0.05, 0.1) is 11.6 Å². The number of rotatable bonds is 3. The number of aryl methyl sites for hydroxylation is 1. The highest BCUT2D eigenvalue weighted by Crippen LogP contribution is 2.26. The minimum absolute atomic E-state index is 0.245. The summed E-state index contributed by atoms with van der Waals surface area (Å²) in [6, 6.07) is 0. The Labute approximate surface area is 96.0 Å². The van der Waals surface area contributed by atoms with Crippen molar-refractivity contribution in [3.8, 4) is 0 Å². The summed E-state index contributed by atoms with van der Waals surface area (Å²) < 4.78 is 37.5. The zero-order valence-electron chi connectivity index (χ0n) is 9.67. The van der Waals surface area contributed by atoms with E-state index in [4.69, 9.17) is 5.11 Å². The van der Waals surface area contributed by atoms with Crippen molar-refractivity contribution in [1.29, 1.82) is 0 Å². The minimum atomic E-state index is -4.37. The molecule has 1 aromatic rings. The molecule has 0 saturated heterocycles. The van der Waals surface area contributed by atoms with Gasteiger partial charge in [-0.1, -0.05) is 0 Å². The molecule has 1 aromatic heterocycles. The molecule has 0 amide bonds. The third kappa shape index (κ3) is 2.98. The first kappa shape index (κ1) is 13.5. The topological polar surface area (TPSA) is 55.1 Å². The van der Waals surface area contributed by atoms with Crippen molar-refractivity contribution in [2.75, 3.05) is 0 Å². The predicted octanol–water partition coefficient (Wildman–Crippen LogP) is 2.25. The Morgan fingerprint density at radius 1 is 1.47 bits per heavy atom. The van der Waals surface area contributed by atoms with Gasteiger partial charge in [-0.25, -0.2) is 0 Å². The molecule has 0 aliphatic carbocycles. The summed E-state index contributed by atoms with van der Waals surface area (Å²) in [6.45, 7) is 3.18. The molecular weight excluding hydrogens is 237 g/mol. The molecule has 0 aliphatic heterocycles. The largest absolute Gasteiger partial charge is 0.481 e. The molecule has 1 N–H and O–H groups in total. The van der Waals surface area contributed by atoms with Crippen LogP contribution < -0.4 is 0 Å². The van der Waals surface area contributed by atoms with Gasteiger partial charge < -0.3 is 5.11 Å². The summed E-state index contributed by atoms with van der Waals surface area (Å²) in [6.07, 6.45) is -4.37. The van der Waals surface area contributed by atoms with Gasteiger partial charge in [0.25, 0.3) is 0 Å². The van der Waals surface area contributed by atoms with E-state index in [1.165, 1.54) is 20.8 Å². The highest BCUT2D eigenvalue weighted by molar-refractivity contribution is 5.76. The molecule has 1 unspecified atom stereocenters. The Morgan fingerprint density at radius 3 is 2.41 bits per heavy atom. The monoisotopic (exact) mass is 250 g/mol. The molecular formula is C10H13F3N2O2. The standard InChI is InChI=1S/C10H13F3N2O2/c1-5(9(16)17)8-6(2)14-15(7(8)3)4-10(11,12)13/h5H,4H2,1-3H3,(H,16,17). The molecule has 1 heterocycles. The number of hydrogen-bond acceptors (Lipinski definition) is 2. The fraction of sp³-hybridized carbons (Fsp3) is 0.600. The predicted molar refractivity (Wildman–Crippen MR) is 53.8 cm³/mol. The van der Waals surface area contributed by atoms with Gasteiger partial charge in [0.2, 0.25) is 0 Å². The molecule has 0 radical (unpaired) electrons. The fourth-order valence-corrected chi connectivity index (χ4v) is 1.78. The molecule has 17 heavy (non-hydrogen) atoms. The van der Waals surface area contributed by atoms with Gasteiger partial charge in [0.15, 0.2) is 0 Å². The highest BCUT2D eigenvalue weighted by Gasteiger charge is 2.31. The van der Waals surface area contributed by atoms with E-state index in [9.17, 15) is 18.0 Å². The number of halogens is 3. The van der Waals surface area contributed by atoms with Crippen LogP contribution in [0.25, 0.3) is 0 Å². The molecule has 0 fully saturated rings. The smallest absolute Gasteiger partial charge is 0.408 e. The van der Waals surface area contributed by atoms with Crippen molar-refractivity contribution in [2.45, 2.75) is 39.4 Å². The summed E-state index contributed by atoms with van der Waals surface area (Å²) in [7, 11) is 0. The SMILES string of the molecule is Cc1nn(CC(F)(F)F)c(C)c1C(C)C(=O)O. The van der Waals surface area contributed by atoms with Gasteiger partial charge in [0, 0.05) is 11.3 Å². The van der Waals surface area contributed by atoms with Crippen LogP contribution in [0.1, 0.15) is 29.8 Å². The first-order chi connectivity index (χ1) is 7.63. The minimum Gasteiger partial charge on any atom is -0.481 e. The van der Waals surface area contributed by atoms with E-state index in [0.717, 1.165) is 4.68 Å². The molecule has 0 aromatic carbocycles. The lowest BCUT2D eigenvalue weighted by Crippen LogP contribution is -2.20. The Bertz CT molecular complexity index is 437. The molecule has 7 heteroatoms. The first-order valence-corrected chi connectivity index (χ1v) is 4.97. The number of hydrogen-bond donors (Lipinski definition) is 1. The van der Waals surface area contributed by atoms with E-state index < -0.39 is 24.6 Å². The van der Waals surface area contributed by atoms with E-state index in [1.807, 2.05) is 0 Å².